The summed E-state index contributed by atoms with van der Waals surface area (Å²) in [6, 6.07) is 7.70. The summed E-state index contributed by atoms with van der Waals surface area (Å²) in [5.41, 5.74) is 1.22. The minimum absolute atomic E-state index is 0.146. The standard InChI is InChI=1S/C17H26FN3/c1-19-10-12-21(13-11-19)17-6-8-20(9-7-17)14-15-2-4-16(18)5-3-15/h2-5,17H,6-14H2,1H3. The molecule has 1 aromatic rings. The average molecular weight is 291 g/mol. The lowest BCUT2D eigenvalue weighted by Gasteiger charge is -2.42. The Labute approximate surface area is 127 Å². The quantitative estimate of drug-likeness (QED) is 0.844. The molecule has 4 heteroatoms. The normalized spacial score (nSPS) is 23.5. The smallest absolute Gasteiger partial charge is 0.123 e. The van der Waals surface area contributed by atoms with Crippen molar-refractivity contribution in [3.63, 3.8) is 0 Å². The molecule has 0 aliphatic carbocycles. The Kier molecular flexibility index (Phi) is 4.88. The molecular formula is C17H26FN3. The lowest BCUT2D eigenvalue weighted by Crippen LogP contribution is -2.52. The Balaban J connectivity index is 1.45. The summed E-state index contributed by atoms with van der Waals surface area (Å²) in [4.78, 5) is 7.59. The Morgan fingerprint density at radius 1 is 0.952 bits per heavy atom. The van der Waals surface area contributed by atoms with Crippen molar-refractivity contribution in [3.8, 4) is 0 Å². The van der Waals surface area contributed by atoms with E-state index in [1.807, 2.05) is 12.1 Å². The van der Waals surface area contributed by atoms with E-state index in [2.05, 4.69) is 21.7 Å². The average Bonchev–Trinajstić information content (AvgIpc) is 2.51. The number of likely N-dealkylation sites (tertiary alicyclic amines) is 1. The lowest BCUT2D eigenvalue weighted by molar-refractivity contribution is 0.0658. The van der Waals surface area contributed by atoms with Gasteiger partial charge in [-0.15, -0.1) is 0 Å². The monoisotopic (exact) mass is 291 g/mol. The van der Waals surface area contributed by atoms with Gasteiger partial charge in [-0.3, -0.25) is 9.80 Å². The Hall–Kier alpha value is -0.970. The van der Waals surface area contributed by atoms with E-state index in [1.165, 1.54) is 44.6 Å². The third kappa shape index (κ3) is 4.02. The predicted molar refractivity (Wildman–Crippen MR) is 83.8 cm³/mol. The fourth-order valence-corrected chi connectivity index (χ4v) is 3.48. The van der Waals surface area contributed by atoms with E-state index < -0.39 is 0 Å². The van der Waals surface area contributed by atoms with Crippen molar-refractivity contribution in [3.05, 3.63) is 35.6 Å². The fraction of sp³-hybridized carbons (Fsp3) is 0.647. The maximum atomic E-state index is 12.9. The molecule has 0 radical (unpaired) electrons. The van der Waals surface area contributed by atoms with Gasteiger partial charge in [-0.05, 0) is 50.7 Å². The van der Waals surface area contributed by atoms with Crippen LogP contribution in [0.3, 0.4) is 0 Å². The molecule has 0 unspecified atom stereocenters. The molecule has 0 spiro atoms. The first-order valence-corrected chi connectivity index (χ1v) is 8.10. The molecule has 0 atom stereocenters. The summed E-state index contributed by atoms with van der Waals surface area (Å²) in [5, 5.41) is 0. The van der Waals surface area contributed by atoms with Crippen LogP contribution in [0.1, 0.15) is 18.4 Å². The molecule has 2 saturated heterocycles. The lowest BCUT2D eigenvalue weighted by atomic mass is 10.0. The number of piperazine rings is 1. The SMILES string of the molecule is CN1CCN(C2CCN(Cc3ccc(F)cc3)CC2)CC1. The van der Waals surface area contributed by atoms with Crippen LogP contribution in [0.5, 0.6) is 0 Å². The van der Waals surface area contributed by atoms with Crippen LogP contribution in [-0.2, 0) is 6.54 Å². The van der Waals surface area contributed by atoms with Crippen LogP contribution in [0.15, 0.2) is 24.3 Å². The van der Waals surface area contributed by atoms with Crippen molar-refractivity contribution < 1.29 is 4.39 Å². The summed E-state index contributed by atoms with van der Waals surface area (Å²) in [5.74, 6) is -0.146. The molecule has 0 bridgehead atoms. The predicted octanol–water partition coefficient (Wildman–Crippen LogP) is 2.04. The van der Waals surface area contributed by atoms with Gasteiger partial charge < -0.3 is 4.90 Å². The molecular weight excluding hydrogens is 265 g/mol. The minimum atomic E-state index is -0.146. The van der Waals surface area contributed by atoms with Crippen molar-refractivity contribution in [2.45, 2.75) is 25.4 Å². The zero-order valence-corrected chi connectivity index (χ0v) is 13.0. The van der Waals surface area contributed by atoms with Gasteiger partial charge in [-0.2, -0.15) is 0 Å². The maximum absolute atomic E-state index is 12.9. The number of rotatable bonds is 3. The second-order valence-electron chi connectivity index (χ2n) is 6.47. The van der Waals surface area contributed by atoms with Gasteiger partial charge in [-0.1, -0.05) is 12.1 Å². The Morgan fingerprint density at radius 3 is 2.19 bits per heavy atom. The summed E-state index contributed by atoms with van der Waals surface area (Å²) >= 11 is 0. The molecule has 116 valence electrons. The first-order valence-electron chi connectivity index (χ1n) is 8.10. The van der Waals surface area contributed by atoms with Gasteiger partial charge in [0.15, 0.2) is 0 Å². The van der Waals surface area contributed by atoms with Gasteiger partial charge in [0.2, 0.25) is 0 Å². The van der Waals surface area contributed by atoms with Crippen LogP contribution in [0.4, 0.5) is 4.39 Å². The number of piperidine rings is 1. The molecule has 2 fully saturated rings. The minimum Gasteiger partial charge on any atom is -0.304 e. The first kappa shape index (κ1) is 14.9. The zero-order valence-electron chi connectivity index (χ0n) is 13.0. The Morgan fingerprint density at radius 2 is 1.57 bits per heavy atom. The molecule has 0 saturated carbocycles. The van der Waals surface area contributed by atoms with Crippen molar-refractivity contribution in [2.24, 2.45) is 0 Å². The summed E-state index contributed by atoms with van der Waals surface area (Å²) in [6.45, 7) is 8.13. The van der Waals surface area contributed by atoms with E-state index in [0.717, 1.165) is 25.7 Å². The number of hydrogen-bond donors (Lipinski definition) is 0. The van der Waals surface area contributed by atoms with Crippen LogP contribution in [0.2, 0.25) is 0 Å². The van der Waals surface area contributed by atoms with Gasteiger partial charge in [0, 0.05) is 38.8 Å². The zero-order chi connectivity index (χ0) is 14.7. The van der Waals surface area contributed by atoms with Crippen molar-refractivity contribution >= 4 is 0 Å². The number of likely N-dealkylation sites (N-methyl/N-ethyl adjacent to an activating group) is 1. The van der Waals surface area contributed by atoms with Crippen molar-refractivity contribution in [2.75, 3.05) is 46.3 Å². The van der Waals surface area contributed by atoms with Gasteiger partial charge >= 0.3 is 0 Å². The van der Waals surface area contributed by atoms with E-state index >= 15 is 0 Å². The highest BCUT2D eigenvalue weighted by Crippen LogP contribution is 2.19. The molecule has 21 heavy (non-hydrogen) atoms. The van der Waals surface area contributed by atoms with Crippen LogP contribution < -0.4 is 0 Å². The second-order valence-corrected chi connectivity index (χ2v) is 6.47. The number of benzene rings is 1. The first-order chi connectivity index (χ1) is 10.2. The molecule has 2 aliphatic heterocycles. The highest BCUT2D eigenvalue weighted by atomic mass is 19.1. The van der Waals surface area contributed by atoms with E-state index in [9.17, 15) is 4.39 Å². The van der Waals surface area contributed by atoms with Crippen LogP contribution in [-0.4, -0.2) is 67.1 Å². The summed E-state index contributed by atoms with van der Waals surface area (Å²) in [6.07, 6.45) is 2.54. The van der Waals surface area contributed by atoms with Crippen LogP contribution in [0.25, 0.3) is 0 Å². The van der Waals surface area contributed by atoms with Crippen LogP contribution >= 0.6 is 0 Å². The van der Waals surface area contributed by atoms with Crippen molar-refractivity contribution in [1.82, 2.24) is 14.7 Å². The Bertz CT molecular complexity index is 432. The maximum Gasteiger partial charge on any atom is 0.123 e. The highest BCUT2D eigenvalue weighted by molar-refractivity contribution is 5.16. The fourth-order valence-electron chi connectivity index (χ4n) is 3.48. The second kappa shape index (κ2) is 6.86. The summed E-state index contributed by atoms with van der Waals surface area (Å²) < 4.78 is 12.9. The molecule has 3 rings (SSSR count). The molecule has 3 nitrogen and oxygen atoms in total. The van der Waals surface area contributed by atoms with Gasteiger partial charge in [-0.25, -0.2) is 4.39 Å². The van der Waals surface area contributed by atoms with Gasteiger partial charge in [0.1, 0.15) is 5.82 Å². The number of hydrogen-bond acceptors (Lipinski definition) is 3. The number of nitrogens with zero attached hydrogens (tertiary/aromatic N) is 3. The molecule has 2 heterocycles. The highest BCUT2D eigenvalue weighted by Gasteiger charge is 2.26. The van der Waals surface area contributed by atoms with Gasteiger partial charge in [0.25, 0.3) is 0 Å². The topological polar surface area (TPSA) is 9.72 Å². The van der Waals surface area contributed by atoms with Crippen LogP contribution in [0, 0.1) is 5.82 Å². The van der Waals surface area contributed by atoms with E-state index in [1.54, 1.807) is 12.1 Å². The molecule has 0 aromatic heterocycles. The molecule has 2 aliphatic rings. The van der Waals surface area contributed by atoms with E-state index in [0.29, 0.717) is 0 Å². The third-order valence-electron chi connectivity index (χ3n) is 4.93. The van der Waals surface area contributed by atoms with Crippen molar-refractivity contribution in [1.29, 1.82) is 0 Å². The molecule has 0 N–H and O–H groups in total. The summed E-state index contributed by atoms with van der Waals surface area (Å²) in [7, 11) is 2.21. The molecule has 0 amide bonds. The third-order valence-corrected chi connectivity index (χ3v) is 4.93. The largest absolute Gasteiger partial charge is 0.304 e. The molecule has 1 aromatic carbocycles. The number of halogens is 1. The van der Waals surface area contributed by atoms with E-state index in [-0.39, 0.29) is 5.82 Å². The van der Waals surface area contributed by atoms with Gasteiger partial charge in [0.05, 0.1) is 0 Å². The van der Waals surface area contributed by atoms with E-state index in [4.69, 9.17) is 0 Å².